The lowest BCUT2D eigenvalue weighted by Gasteiger charge is -2.21. The van der Waals surface area contributed by atoms with Gasteiger partial charge in [-0.1, -0.05) is 0 Å². The van der Waals surface area contributed by atoms with Gasteiger partial charge in [-0.25, -0.2) is 9.59 Å². The zero-order valence-corrected chi connectivity index (χ0v) is 15.4. The number of ether oxygens (including phenoxy) is 4. The lowest BCUT2D eigenvalue weighted by atomic mass is 9.98. The number of fused-ring (bicyclic) bond motifs is 3. The molecular weight excluding hydrogens is 364 g/mol. The molecule has 0 spiro atoms. The zero-order chi connectivity index (χ0) is 19.8. The normalized spacial score (nSPS) is 14.1. The van der Waals surface area contributed by atoms with Gasteiger partial charge in [-0.15, -0.1) is 0 Å². The Morgan fingerprint density at radius 3 is 1.96 bits per heavy atom. The van der Waals surface area contributed by atoms with Crippen LogP contribution in [-0.2, 0) is 29.2 Å². The number of carbonyl (C=O) groups excluding carboxylic acids is 2. The minimum Gasteiger partial charge on any atom is -0.485 e. The van der Waals surface area contributed by atoms with Crippen LogP contribution in [0.2, 0.25) is 0 Å². The number of esters is 2. The third kappa shape index (κ3) is 2.92. The third-order valence-electron chi connectivity index (χ3n) is 4.81. The smallest absolute Gasteiger partial charge is 0.338 e. The molecule has 0 radical (unpaired) electrons. The van der Waals surface area contributed by atoms with Crippen LogP contribution >= 0.6 is 0 Å². The number of hydrogen-bond donors (Lipinski definition) is 2. The van der Waals surface area contributed by atoms with Crippen LogP contribution in [0.5, 0.6) is 11.5 Å². The van der Waals surface area contributed by atoms with Crippen LogP contribution in [0.1, 0.15) is 43.0 Å². The van der Waals surface area contributed by atoms with Crippen LogP contribution in [0.4, 0.5) is 0 Å². The number of amidine groups is 1. The fraction of sp³-hybridized carbons (Fsp3) is 0.250. The number of carbonyl (C=O) groups is 2. The molecule has 0 saturated carbocycles. The van der Waals surface area contributed by atoms with E-state index < -0.39 is 11.9 Å². The molecule has 2 heterocycles. The Kier molecular flexibility index (Phi) is 4.38. The van der Waals surface area contributed by atoms with E-state index in [1.807, 2.05) is 6.07 Å². The topological polar surface area (TPSA) is 107 Å². The Hall–Kier alpha value is -3.55. The summed E-state index contributed by atoms with van der Waals surface area (Å²) in [7, 11) is 2.50. The predicted octanol–water partition coefficient (Wildman–Crippen LogP) is 2.16. The molecule has 8 nitrogen and oxygen atoms in total. The highest BCUT2D eigenvalue weighted by Gasteiger charge is 2.25. The zero-order valence-electron chi connectivity index (χ0n) is 15.4. The van der Waals surface area contributed by atoms with Crippen molar-refractivity contribution in [3.63, 3.8) is 0 Å². The molecular formula is C20H18N2O6. The van der Waals surface area contributed by atoms with Gasteiger partial charge in [0.1, 0.15) is 19.0 Å². The third-order valence-corrected chi connectivity index (χ3v) is 4.81. The van der Waals surface area contributed by atoms with Crippen molar-refractivity contribution in [1.29, 1.82) is 5.41 Å². The van der Waals surface area contributed by atoms with Crippen molar-refractivity contribution >= 4 is 17.8 Å². The summed E-state index contributed by atoms with van der Waals surface area (Å²) in [6.45, 7) is 0.938. The summed E-state index contributed by atoms with van der Waals surface area (Å²) >= 11 is 0. The van der Waals surface area contributed by atoms with E-state index in [0.29, 0.717) is 35.0 Å². The fourth-order valence-electron chi connectivity index (χ4n) is 3.31. The first-order valence-corrected chi connectivity index (χ1v) is 8.59. The first-order chi connectivity index (χ1) is 13.5. The van der Waals surface area contributed by atoms with Gasteiger partial charge in [0.15, 0.2) is 11.5 Å². The summed E-state index contributed by atoms with van der Waals surface area (Å²) < 4.78 is 21.4. The predicted molar refractivity (Wildman–Crippen MR) is 97.9 cm³/mol. The Balaban J connectivity index is 1.74. The standard InChI is InChI=1S/C20H18N2O6/c1-25-19(23)14-3-11-8-27-16-5-10-7-22-18(21)13(10)6-17(16)28-9-12(11)4-15(14)20(24)26-2/h3-6H,7-9H2,1-2H3,(H2,21,22). The molecule has 0 saturated heterocycles. The molecule has 8 heteroatoms. The highest BCUT2D eigenvalue weighted by atomic mass is 16.5. The number of methoxy groups -OCH3 is 2. The summed E-state index contributed by atoms with van der Waals surface area (Å²) in [4.78, 5) is 24.2. The second-order valence-electron chi connectivity index (χ2n) is 6.41. The molecule has 0 amide bonds. The average molecular weight is 382 g/mol. The van der Waals surface area contributed by atoms with Crippen molar-refractivity contribution in [3.8, 4) is 11.5 Å². The molecule has 2 aromatic rings. The maximum absolute atomic E-state index is 12.1. The molecule has 2 aromatic carbocycles. The summed E-state index contributed by atoms with van der Waals surface area (Å²) in [6.07, 6.45) is 0. The van der Waals surface area contributed by atoms with Gasteiger partial charge in [0.05, 0.1) is 25.3 Å². The summed E-state index contributed by atoms with van der Waals surface area (Å²) in [5, 5.41) is 10.9. The Labute approximate surface area is 160 Å². The highest BCUT2D eigenvalue weighted by Crippen LogP contribution is 2.36. The quantitative estimate of drug-likeness (QED) is 0.767. The molecule has 4 rings (SSSR count). The van der Waals surface area contributed by atoms with Crippen molar-refractivity contribution in [1.82, 2.24) is 5.32 Å². The summed E-state index contributed by atoms with van der Waals surface area (Å²) in [5.41, 5.74) is 3.38. The first kappa shape index (κ1) is 17.8. The number of rotatable bonds is 2. The number of hydrogen-bond acceptors (Lipinski definition) is 7. The van der Waals surface area contributed by atoms with Gasteiger partial charge in [-0.3, -0.25) is 5.41 Å². The van der Waals surface area contributed by atoms with E-state index in [1.54, 1.807) is 18.2 Å². The van der Waals surface area contributed by atoms with Gasteiger partial charge in [-0.2, -0.15) is 0 Å². The Morgan fingerprint density at radius 2 is 1.43 bits per heavy atom. The first-order valence-electron chi connectivity index (χ1n) is 8.59. The second kappa shape index (κ2) is 6.88. The molecule has 0 aliphatic carbocycles. The van der Waals surface area contributed by atoms with Crippen LogP contribution in [0, 0.1) is 5.41 Å². The molecule has 0 atom stereocenters. The van der Waals surface area contributed by atoms with Crippen LogP contribution in [0.25, 0.3) is 0 Å². The minimum atomic E-state index is -0.635. The maximum atomic E-state index is 12.1. The van der Waals surface area contributed by atoms with Gasteiger partial charge in [-0.05, 0) is 41.0 Å². The van der Waals surface area contributed by atoms with E-state index in [9.17, 15) is 9.59 Å². The van der Waals surface area contributed by atoms with E-state index in [0.717, 1.165) is 11.1 Å². The minimum absolute atomic E-state index is 0.109. The van der Waals surface area contributed by atoms with E-state index in [4.69, 9.17) is 24.4 Å². The lowest BCUT2D eigenvalue weighted by molar-refractivity contribution is 0.0554. The molecule has 0 bridgehead atoms. The largest absolute Gasteiger partial charge is 0.485 e. The van der Waals surface area contributed by atoms with Crippen molar-refractivity contribution in [2.75, 3.05) is 14.2 Å². The molecule has 28 heavy (non-hydrogen) atoms. The van der Waals surface area contributed by atoms with E-state index in [1.165, 1.54) is 14.2 Å². The molecule has 0 unspecified atom stereocenters. The average Bonchev–Trinajstić information content (AvgIpc) is 3.07. The van der Waals surface area contributed by atoms with Crippen LogP contribution in [-0.4, -0.2) is 32.0 Å². The van der Waals surface area contributed by atoms with E-state index in [-0.39, 0.29) is 24.3 Å². The van der Waals surface area contributed by atoms with Crippen molar-refractivity contribution < 1.29 is 28.5 Å². The van der Waals surface area contributed by atoms with Crippen molar-refractivity contribution in [2.24, 2.45) is 0 Å². The van der Waals surface area contributed by atoms with Crippen molar-refractivity contribution in [2.45, 2.75) is 19.8 Å². The van der Waals surface area contributed by atoms with Gasteiger partial charge in [0.25, 0.3) is 0 Å². The van der Waals surface area contributed by atoms with E-state index in [2.05, 4.69) is 5.32 Å². The SMILES string of the molecule is COC(=O)c1cc2c(cc1C(=O)OC)COc1cc3c(cc1OC2)CNC3=N. The molecule has 2 N–H and O–H groups in total. The number of nitrogens with one attached hydrogen (secondary N) is 2. The molecule has 2 aliphatic rings. The van der Waals surface area contributed by atoms with Gasteiger partial charge >= 0.3 is 11.9 Å². The Bertz CT molecular complexity index is 1010. The Morgan fingerprint density at radius 1 is 0.893 bits per heavy atom. The van der Waals surface area contributed by atoms with Gasteiger partial charge in [0.2, 0.25) is 0 Å². The summed E-state index contributed by atoms with van der Waals surface area (Å²) in [5.74, 6) is 0.171. The van der Waals surface area contributed by atoms with E-state index >= 15 is 0 Å². The molecule has 0 fully saturated rings. The lowest BCUT2D eigenvalue weighted by Crippen LogP contribution is -2.17. The highest BCUT2D eigenvalue weighted by molar-refractivity contribution is 6.03. The summed E-state index contributed by atoms with van der Waals surface area (Å²) in [6, 6.07) is 6.78. The van der Waals surface area contributed by atoms with Crippen molar-refractivity contribution in [3.05, 3.63) is 57.6 Å². The molecule has 2 aliphatic heterocycles. The number of benzene rings is 2. The monoisotopic (exact) mass is 382 g/mol. The maximum Gasteiger partial charge on any atom is 0.338 e. The van der Waals surface area contributed by atoms with Gasteiger partial charge in [0, 0.05) is 12.1 Å². The van der Waals surface area contributed by atoms with Gasteiger partial charge < -0.3 is 24.3 Å². The second-order valence-corrected chi connectivity index (χ2v) is 6.41. The fourth-order valence-corrected chi connectivity index (χ4v) is 3.31. The van der Waals surface area contributed by atoms with Crippen LogP contribution in [0.3, 0.4) is 0 Å². The van der Waals surface area contributed by atoms with Crippen LogP contribution < -0.4 is 14.8 Å². The van der Waals surface area contributed by atoms with Crippen LogP contribution in [0.15, 0.2) is 24.3 Å². The molecule has 0 aromatic heterocycles. The molecule has 144 valence electrons.